The predicted octanol–water partition coefficient (Wildman–Crippen LogP) is 6.35. The van der Waals surface area contributed by atoms with Crippen LogP contribution in [0.25, 0.3) is 0 Å². The Hall–Kier alpha value is -1.46. The lowest BCUT2D eigenvalue weighted by Gasteiger charge is -2.29. The van der Waals surface area contributed by atoms with Gasteiger partial charge in [0.25, 0.3) is 0 Å². The van der Waals surface area contributed by atoms with Crippen LogP contribution in [0.15, 0.2) is 48.5 Å². The van der Waals surface area contributed by atoms with E-state index < -0.39 is 16.1 Å². The van der Waals surface area contributed by atoms with Crippen molar-refractivity contribution in [3.63, 3.8) is 0 Å². The largest absolute Gasteiger partial charge is 0.289 e. The molecule has 0 radical (unpaired) electrons. The van der Waals surface area contributed by atoms with Crippen LogP contribution in [0.2, 0.25) is 36.3 Å². The van der Waals surface area contributed by atoms with Gasteiger partial charge in [0, 0.05) is 11.1 Å². The van der Waals surface area contributed by atoms with Gasteiger partial charge in [0.1, 0.15) is 0 Å². The van der Waals surface area contributed by atoms with E-state index in [9.17, 15) is 4.79 Å². The van der Waals surface area contributed by atoms with Crippen molar-refractivity contribution < 1.29 is 4.79 Å². The normalized spacial score (nSPS) is 12.2. The Bertz CT molecular complexity index is 672. The Balaban J connectivity index is 2.27. The zero-order valence-electron chi connectivity index (χ0n) is 18.8. The number of benzene rings is 2. The van der Waals surface area contributed by atoms with Gasteiger partial charge in [-0.15, -0.1) is 0 Å². The van der Waals surface area contributed by atoms with Crippen LogP contribution in [0.5, 0.6) is 0 Å². The molecule has 0 spiro atoms. The summed E-state index contributed by atoms with van der Waals surface area (Å²) in [6, 6.07) is 24.8. The van der Waals surface area contributed by atoms with Gasteiger partial charge in [0.15, 0.2) is 5.78 Å². The molecule has 28 heavy (non-hydrogen) atoms. The standard InChI is InChI=1S/C25H38OSi2/c1-7-27(8-2,9-3)23-17-13-21(14-18-23)25(26)22-15-19-24(20-16-22)28(10-4,11-5)12-6/h13-20H,7-12H2,1-6H3. The molecule has 0 atom stereocenters. The minimum Gasteiger partial charge on any atom is -0.289 e. The quantitative estimate of drug-likeness (QED) is 0.329. The lowest BCUT2D eigenvalue weighted by Crippen LogP contribution is -2.45. The second-order valence-electron chi connectivity index (χ2n) is 8.17. The van der Waals surface area contributed by atoms with Gasteiger partial charge in [-0.05, 0) is 0 Å². The maximum absolute atomic E-state index is 13.0. The first-order chi connectivity index (χ1) is 13.5. The van der Waals surface area contributed by atoms with Crippen LogP contribution in [-0.2, 0) is 0 Å². The average Bonchev–Trinajstić information content (AvgIpc) is 2.77. The monoisotopic (exact) mass is 410 g/mol. The third-order valence-corrected chi connectivity index (χ3v) is 18.8. The molecule has 0 N–H and O–H groups in total. The number of hydrogen-bond donors (Lipinski definition) is 0. The number of carbonyl (C=O) groups excluding carboxylic acids is 1. The summed E-state index contributed by atoms with van der Waals surface area (Å²) in [5, 5.41) is 2.99. The zero-order chi connectivity index (χ0) is 20.8. The van der Waals surface area contributed by atoms with E-state index in [4.69, 9.17) is 0 Å². The molecule has 152 valence electrons. The van der Waals surface area contributed by atoms with E-state index in [-0.39, 0.29) is 5.78 Å². The molecule has 0 aromatic heterocycles. The summed E-state index contributed by atoms with van der Waals surface area (Å²) < 4.78 is 0. The van der Waals surface area contributed by atoms with Crippen molar-refractivity contribution in [2.75, 3.05) is 0 Å². The molecule has 0 aliphatic rings. The summed E-state index contributed by atoms with van der Waals surface area (Å²) in [5.74, 6) is 0.145. The highest BCUT2D eigenvalue weighted by molar-refractivity contribution is 6.92. The Morgan fingerprint density at radius 2 is 0.786 bits per heavy atom. The molecular formula is C25H38OSi2. The Kier molecular flexibility index (Phi) is 8.02. The molecule has 2 rings (SSSR count). The summed E-state index contributed by atoms with van der Waals surface area (Å²) in [7, 11) is -2.76. The lowest BCUT2D eigenvalue weighted by atomic mass is 10.0. The van der Waals surface area contributed by atoms with Crippen LogP contribution in [0, 0.1) is 0 Å². The average molecular weight is 411 g/mol. The molecule has 2 aromatic rings. The molecule has 0 bridgehead atoms. The molecule has 0 saturated heterocycles. The van der Waals surface area contributed by atoms with Crippen LogP contribution >= 0.6 is 0 Å². The lowest BCUT2D eigenvalue weighted by molar-refractivity contribution is 0.103. The highest BCUT2D eigenvalue weighted by atomic mass is 28.3. The van der Waals surface area contributed by atoms with Crippen molar-refractivity contribution >= 4 is 32.3 Å². The van der Waals surface area contributed by atoms with E-state index in [0.717, 1.165) is 11.1 Å². The van der Waals surface area contributed by atoms with Gasteiger partial charge >= 0.3 is 0 Å². The van der Waals surface area contributed by atoms with E-state index in [1.807, 2.05) is 0 Å². The maximum Gasteiger partial charge on any atom is 0.193 e. The van der Waals surface area contributed by atoms with Crippen molar-refractivity contribution in [3.05, 3.63) is 59.7 Å². The second kappa shape index (κ2) is 9.84. The summed E-state index contributed by atoms with van der Waals surface area (Å²) in [4.78, 5) is 13.0. The zero-order valence-corrected chi connectivity index (χ0v) is 20.8. The highest BCUT2D eigenvalue weighted by Gasteiger charge is 2.30. The van der Waals surface area contributed by atoms with Crippen LogP contribution in [-0.4, -0.2) is 21.9 Å². The number of carbonyl (C=O) groups is 1. The van der Waals surface area contributed by atoms with E-state index in [2.05, 4.69) is 90.1 Å². The highest BCUT2D eigenvalue weighted by Crippen LogP contribution is 2.22. The van der Waals surface area contributed by atoms with Gasteiger partial charge in [0.05, 0.1) is 16.1 Å². The fraction of sp³-hybridized carbons (Fsp3) is 0.480. The van der Waals surface area contributed by atoms with Gasteiger partial charge < -0.3 is 0 Å². The molecule has 0 saturated carbocycles. The molecular weight excluding hydrogens is 372 g/mol. The Labute approximate surface area is 174 Å². The smallest absolute Gasteiger partial charge is 0.193 e. The molecule has 0 amide bonds. The molecule has 2 aromatic carbocycles. The van der Waals surface area contributed by atoms with Crippen molar-refractivity contribution in [3.8, 4) is 0 Å². The predicted molar refractivity (Wildman–Crippen MR) is 130 cm³/mol. The maximum atomic E-state index is 13.0. The third kappa shape index (κ3) is 4.26. The van der Waals surface area contributed by atoms with Crippen molar-refractivity contribution in [1.82, 2.24) is 0 Å². The minimum absolute atomic E-state index is 0.145. The van der Waals surface area contributed by atoms with Crippen LogP contribution < -0.4 is 10.4 Å². The summed E-state index contributed by atoms with van der Waals surface area (Å²) in [6.07, 6.45) is 0. The first-order valence-electron chi connectivity index (χ1n) is 11.2. The fourth-order valence-electron chi connectivity index (χ4n) is 4.84. The van der Waals surface area contributed by atoms with Crippen LogP contribution in [0.1, 0.15) is 57.5 Å². The second-order valence-corrected chi connectivity index (χ2v) is 18.7. The van der Waals surface area contributed by atoms with Gasteiger partial charge in [0.2, 0.25) is 0 Å². The minimum atomic E-state index is -1.38. The van der Waals surface area contributed by atoms with Gasteiger partial charge in [-0.1, -0.05) is 137 Å². The van der Waals surface area contributed by atoms with E-state index in [1.165, 1.54) is 46.6 Å². The molecule has 0 heterocycles. The van der Waals surface area contributed by atoms with E-state index >= 15 is 0 Å². The molecule has 3 heteroatoms. The molecule has 0 aliphatic carbocycles. The van der Waals surface area contributed by atoms with Gasteiger partial charge in [-0.25, -0.2) is 0 Å². The first kappa shape index (κ1) is 22.8. The van der Waals surface area contributed by atoms with Crippen molar-refractivity contribution in [2.24, 2.45) is 0 Å². The Morgan fingerprint density at radius 1 is 0.536 bits per heavy atom. The van der Waals surface area contributed by atoms with E-state index in [1.54, 1.807) is 0 Å². The summed E-state index contributed by atoms with van der Waals surface area (Å²) in [6.45, 7) is 14.0. The van der Waals surface area contributed by atoms with Crippen molar-refractivity contribution in [1.29, 1.82) is 0 Å². The molecule has 0 fully saturated rings. The SMILES string of the molecule is CC[Si](CC)(CC)c1ccc(C(=O)c2ccc([Si](CC)(CC)CC)cc2)cc1. The Morgan fingerprint density at radius 3 is 1.00 bits per heavy atom. The van der Waals surface area contributed by atoms with Gasteiger partial charge in [-0.3, -0.25) is 4.79 Å². The van der Waals surface area contributed by atoms with E-state index in [0.29, 0.717) is 0 Å². The summed E-state index contributed by atoms with van der Waals surface area (Å²) >= 11 is 0. The number of rotatable bonds is 10. The molecule has 1 nitrogen and oxygen atoms in total. The van der Waals surface area contributed by atoms with Crippen molar-refractivity contribution in [2.45, 2.75) is 77.8 Å². The topological polar surface area (TPSA) is 17.1 Å². The first-order valence-corrected chi connectivity index (χ1v) is 16.5. The molecule has 0 unspecified atom stereocenters. The third-order valence-electron chi connectivity index (χ3n) is 7.58. The van der Waals surface area contributed by atoms with Gasteiger partial charge in [-0.2, -0.15) is 0 Å². The molecule has 0 aliphatic heterocycles. The number of ketones is 1. The van der Waals surface area contributed by atoms with Crippen LogP contribution in [0.3, 0.4) is 0 Å². The number of hydrogen-bond acceptors (Lipinski definition) is 1. The summed E-state index contributed by atoms with van der Waals surface area (Å²) in [5.41, 5.74) is 1.63. The fourth-order valence-corrected chi connectivity index (χ4v) is 12.0. The van der Waals surface area contributed by atoms with Crippen LogP contribution in [0.4, 0.5) is 0 Å².